The number of ether oxygens (including phenoxy) is 2. The molecule has 2 saturated heterocycles. The molecule has 3 rings (SSSR count). The number of hydrogen-bond donors (Lipinski definition) is 2. The Balaban J connectivity index is 0.000000298. The van der Waals surface area contributed by atoms with Gasteiger partial charge >= 0.3 is 0 Å². The van der Waals surface area contributed by atoms with Crippen LogP contribution in [0.3, 0.4) is 0 Å². The number of piperidine rings is 1. The van der Waals surface area contributed by atoms with E-state index in [1.807, 2.05) is 20.8 Å². The van der Waals surface area contributed by atoms with Gasteiger partial charge in [0.25, 0.3) is 12.0 Å². The van der Waals surface area contributed by atoms with Crippen LogP contribution in [0.5, 0.6) is 0 Å². The smallest absolute Gasteiger partial charge is 0.293 e. The Labute approximate surface area is 154 Å². The second kappa shape index (κ2) is 9.68. The number of hydrogen-bond acceptors (Lipinski definition) is 7. The van der Waals surface area contributed by atoms with Crippen molar-refractivity contribution in [2.24, 2.45) is 0 Å². The molecule has 0 bridgehead atoms. The van der Waals surface area contributed by atoms with Gasteiger partial charge in [-0.15, -0.1) is 0 Å². The molecule has 3 heterocycles. The lowest BCUT2D eigenvalue weighted by Gasteiger charge is -2.28. The minimum absolute atomic E-state index is 0.0509. The van der Waals surface area contributed by atoms with E-state index >= 15 is 0 Å². The van der Waals surface area contributed by atoms with Crippen molar-refractivity contribution in [1.82, 2.24) is 15.3 Å². The van der Waals surface area contributed by atoms with Gasteiger partial charge in [0.2, 0.25) is 5.95 Å². The van der Waals surface area contributed by atoms with Crippen molar-refractivity contribution in [3.8, 4) is 0 Å². The molecular formula is C18H30N4O4. The highest BCUT2D eigenvalue weighted by Gasteiger charge is 2.20. The molecule has 0 aliphatic carbocycles. The first-order chi connectivity index (χ1) is 12.4. The molecule has 2 N–H and O–H groups in total. The molecule has 0 amide bonds. The Hall–Kier alpha value is -1.93. The maximum absolute atomic E-state index is 11.8. The van der Waals surface area contributed by atoms with E-state index in [9.17, 15) is 9.59 Å². The minimum Gasteiger partial charge on any atom is -0.462 e. The molecule has 8 nitrogen and oxygen atoms in total. The summed E-state index contributed by atoms with van der Waals surface area (Å²) in [6.45, 7) is 10.9. The summed E-state index contributed by atoms with van der Waals surface area (Å²) in [5.74, 6) is 1.10. The molecule has 0 radical (unpaired) electrons. The number of rotatable bonds is 3. The van der Waals surface area contributed by atoms with Crippen LogP contribution in [0.25, 0.3) is 0 Å². The van der Waals surface area contributed by atoms with Crippen LogP contribution in [0.2, 0.25) is 0 Å². The maximum Gasteiger partial charge on any atom is 0.293 e. The molecule has 2 fully saturated rings. The Bertz CT molecular complexity index is 575. The van der Waals surface area contributed by atoms with Gasteiger partial charge < -0.3 is 19.7 Å². The minimum atomic E-state index is -0.318. The van der Waals surface area contributed by atoms with Crippen LogP contribution in [0.15, 0.2) is 10.9 Å². The van der Waals surface area contributed by atoms with Crippen LogP contribution in [0.1, 0.15) is 45.2 Å². The highest BCUT2D eigenvalue weighted by molar-refractivity contribution is 5.37. The Morgan fingerprint density at radius 1 is 1.27 bits per heavy atom. The first kappa shape index (κ1) is 20.4. The van der Waals surface area contributed by atoms with Crippen molar-refractivity contribution >= 4 is 12.4 Å². The zero-order valence-corrected chi connectivity index (χ0v) is 15.9. The molecule has 8 heteroatoms. The van der Waals surface area contributed by atoms with Gasteiger partial charge in [-0.05, 0) is 46.7 Å². The second-order valence-electron chi connectivity index (χ2n) is 7.44. The molecule has 2 aliphatic rings. The summed E-state index contributed by atoms with van der Waals surface area (Å²) in [4.78, 5) is 31.0. The number of aromatic nitrogens is 2. The lowest BCUT2D eigenvalue weighted by atomic mass is 9.94. The van der Waals surface area contributed by atoms with E-state index in [1.54, 1.807) is 6.07 Å². The predicted octanol–water partition coefficient (Wildman–Crippen LogP) is 1.03. The van der Waals surface area contributed by atoms with Gasteiger partial charge in [-0.25, -0.2) is 4.98 Å². The Kier molecular flexibility index (Phi) is 7.59. The molecular weight excluding hydrogens is 336 g/mol. The highest BCUT2D eigenvalue weighted by Crippen LogP contribution is 2.23. The molecule has 0 unspecified atom stereocenters. The predicted molar refractivity (Wildman–Crippen MR) is 99.6 cm³/mol. The summed E-state index contributed by atoms with van der Waals surface area (Å²) < 4.78 is 9.88. The monoisotopic (exact) mass is 366 g/mol. The van der Waals surface area contributed by atoms with E-state index in [2.05, 4.69) is 24.9 Å². The molecule has 0 atom stereocenters. The lowest BCUT2D eigenvalue weighted by Crippen LogP contribution is -2.38. The standard InChI is InChI=1S/C13H20N4O2.C5H10O2/c18-12-9-11(10-1-3-14-4-2-10)15-13(16-12)17-5-7-19-8-6-17;1-5(2,3)7-4-6/h9-10,14H,1-8H2,(H,15,16,18);4H,1-3H3. The third-order valence-electron chi connectivity index (χ3n) is 4.22. The third kappa shape index (κ3) is 6.76. The normalized spacial score (nSPS) is 18.7. The van der Waals surface area contributed by atoms with Gasteiger partial charge in [0, 0.05) is 25.1 Å². The molecule has 0 saturated carbocycles. The van der Waals surface area contributed by atoms with Gasteiger partial charge in [0.1, 0.15) is 5.60 Å². The van der Waals surface area contributed by atoms with E-state index in [0.29, 0.717) is 31.6 Å². The molecule has 1 aromatic rings. The Morgan fingerprint density at radius 3 is 2.46 bits per heavy atom. The molecule has 26 heavy (non-hydrogen) atoms. The summed E-state index contributed by atoms with van der Waals surface area (Å²) in [6, 6.07) is 1.65. The lowest BCUT2D eigenvalue weighted by molar-refractivity contribution is -0.138. The van der Waals surface area contributed by atoms with Gasteiger partial charge in [-0.1, -0.05) is 0 Å². The number of morpholine rings is 1. The molecule has 0 aromatic carbocycles. The van der Waals surface area contributed by atoms with Crippen LogP contribution in [-0.4, -0.2) is 61.4 Å². The van der Waals surface area contributed by atoms with Crippen molar-refractivity contribution in [2.75, 3.05) is 44.3 Å². The summed E-state index contributed by atoms with van der Waals surface area (Å²) >= 11 is 0. The van der Waals surface area contributed by atoms with Crippen molar-refractivity contribution < 1.29 is 14.3 Å². The number of nitrogens with one attached hydrogen (secondary N) is 2. The topological polar surface area (TPSA) is 96.6 Å². The van der Waals surface area contributed by atoms with Crippen molar-refractivity contribution in [3.05, 3.63) is 22.1 Å². The van der Waals surface area contributed by atoms with E-state index in [-0.39, 0.29) is 11.2 Å². The number of H-pyrrole nitrogens is 1. The molecule has 2 aliphatic heterocycles. The third-order valence-corrected chi connectivity index (χ3v) is 4.22. The van der Waals surface area contributed by atoms with E-state index in [1.165, 1.54) is 0 Å². The number of carbonyl (C=O) groups excluding carboxylic acids is 1. The summed E-state index contributed by atoms with van der Waals surface area (Å²) in [7, 11) is 0. The summed E-state index contributed by atoms with van der Waals surface area (Å²) in [5, 5.41) is 3.34. The van der Waals surface area contributed by atoms with Gasteiger partial charge in [-0.3, -0.25) is 14.6 Å². The van der Waals surface area contributed by atoms with Crippen molar-refractivity contribution in [2.45, 2.75) is 45.1 Å². The van der Waals surface area contributed by atoms with Crippen LogP contribution in [0, 0.1) is 0 Å². The van der Waals surface area contributed by atoms with E-state index in [4.69, 9.17) is 4.74 Å². The SMILES string of the molecule is CC(C)(C)OC=O.O=c1cc(C2CCNCC2)nc(N2CCOCC2)[nH]1. The maximum atomic E-state index is 11.8. The quantitative estimate of drug-likeness (QED) is 0.771. The molecule has 146 valence electrons. The summed E-state index contributed by atoms with van der Waals surface area (Å²) in [5.41, 5.74) is 0.568. The fourth-order valence-electron chi connectivity index (χ4n) is 2.86. The second-order valence-corrected chi connectivity index (χ2v) is 7.44. The summed E-state index contributed by atoms with van der Waals surface area (Å²) in [6.07, 6.45) is 2.11. The van der Waals surface area contributed by atoms with Crippen LogP contribution in [-0.2, 0) is 14.3 Å². The van der Waals surface area contributed by atoms with E-state index < -0.39 is 0 Å². The average molecular weight is 366 g/mol. The first-order valence-electron chi connectivity index (χ1n) is 9.15. The fourth-order valence-corrected chi connectivity index (χ4v) is 2.86. The molecule has 0 spiro atoms. The average Bonchev–Trinajstić information content (AvgIpc) is 2.62. The van der Waals surface area contributed by atoms with Crippen molar-refractivity contribution in [1.29, 1.82) is 0 Å². The zero-order chi connectivity index (χ0) is 19.0. The number of carbonyl (C=O) groups is 1. The highest BCUT2D eigenvalue weighted by atomic mass is 16.5. The van der Waals surface area contributed by atoms with Crippen LogP contribution < -0.4 is 15.8 Å². The van der Waals surface area contributed by atoms with Gasteiger partial charge in [-0.2, -0.15) is 0 Å². The van der Waals surface area contributed by atoms with E-state index in [0.717, 1.165) is 44.7 Å². The van der Waals surface area contributed by atoms with Crippen LogP contribution >= 0.6 is 0 Å². The zero-order valence-electron chi connectivity index (χ0n) is 15.9. The molecule has 1 aromatic heterocycles. The van der Waals surface area contributed by atoms with Gasteiger partial charge in [0.05, 0.1) is 18.9 Å². The van der Waals surface area contributed by atoms with Gasteiger partial charge in [0.15, 0.2) is 0 Å². The largest absolute Gasteiger partial charge is 0.462 e. The van der Waals surface area contributed by atoms with Crippen LogP contribution in [0.4, 0.5) is 5.95 Å². The fraction of sp³-hybridized carbons (Fsp3) is 0.722. The number of aromatic amines is 1. The first-order valence-corrected chi connectivity index (χ1v) is 9.15. The Morgan fingerprint density at radius 2 is 1.92 bits per heavy atom. The number of nitrogens with zero attached hydrogens (tertiary/aromatic N) is 2. The number of anilines is 1. The van der Waals surface area contributed by atoms with Crippen molar-refractivity contribution in [3.63, 3.8) is 0 Å².